The maximum atomic E-state index is 8.74. The molecule has 92 valence electrons. The highest BCUT2D eigenvalue weighted by atomic mass is 32.3. The zero-order chi connectivity index (χ0) is 12.9. The average molecular weight is 251 g/mol. The van der Waals surface area contributed by atoms with E-state index in [2.05, 4.69) is 9.97 Å². The molecule has 0 atom stereocenters. The lowest BCUT2D eigenvalue weighted by molar-refractivity contribution is 0.381. The summed E-state index contributed by atoms with van der Waals surface area (Å²) >= 11 is 0. The molecule has 1 aromatic rings. The van der Waals surface area contributed by atoms with Gasteiger partial charge in [0.15, 0.2) is 5.82 Å². The number of aromatic nitrogens is 2. The Morgan fingerprint density at radius 2 is 1.75 bits per heavy atom. The normalized spacial score (nSPS) is 10.2. The molecule has 1 heterocycles. The molecule has 0 spiro atoms. The summed E-state index contributed by atoms with van der Waals surface area (Å²) in [6.07, 6.45) is 1.50. The van der Waals surface area contributed by atoms with Crippen molar-refractivity contribution >= 4 is 27.9 Å². The highest BCUT2D eigenvalue weighted by Crippen LogP contribution is 2.12. The van der Waals surface area contributed by atoms with Gasteiger partial charge in [0, 0.05) is 14.1 Å². The Morgan fingerprint density at radius 1 is 1.31 bits per heavy atom. The maximum Gasteiger partial charge on any atom is 0.394 e. The van der Waals surface area contributed by atoms with Crippen molar-refractivity contribution in [2.24, 2.45) is 0 Å². The van der Waals surface area contributed by atoms with Crippen LogP contribution in [0.3, 0.4) is 0 Å². The Balaban J connectivity index is 0.000000385. The smallest absolute Gasteiger partial charge is 0.394 e. The molecule has 0 aliphatic heterocycles. The quantitative estimate of drug-likeness (QED) is 0.462. The number of nitrogen functional groups attached to an aromatic ring is 2. The van der Waals surface area contributed by atoms with E-state index in [0.29, 0.717) is 17.5 Å². The van der Waals surface area contributed by atoms with Gasteiger partial charge in [-0.1, -0.05) is 0 Å². The molecule has 0 aromatic carbocycles. The van der Waals surface area contributed by atoms with Gasteiger partial charge in [0.25, 0.3) is 0 Å². The molecule has 1 aromatic heterocycles. The summed E-state index contributed by atoms with van der Waals surface area (Å²) < 4.78 is 31.6. The lowest BCUT2D eigenvalue weighted by atomic mass is 10.5. The third-order valence-corrected chi connectivity index (χ3v) is 1.24. The summed E-state index contributed by atoms with van der Waals surface area (Å²) in [7, 11) is -0.990. The van der Waals surface area contributed by atoms with Crippen LogP contribution in [0, 0.1) is 0 Å². The van der Waals surface area contributed by atoms with Gasteiger partial charge in [0.2, 0.25) is 5.95 Å². The number of nitrogens with two attached hydrogens (primary N) is 2. The molecule has 10 heteroatoms. The molecule has 0 unspecified atom stereocenters. The summed E-state index contributed by atoms with van der Waals surface area (Å²) in [5.41, 5.74) is 11.3. The molecule has 16 heavy (non-hydrogen) atoms. The van der Waals surface area contributed by atoms with Crippen LogP contribution in [-0.2, 0) is 10.4 Å². The SMILES string of the molecule is CN(C)c1ncc(N)c(N)n1.O=S(=O)(O)O. The first-order valence-electron chi connectivity index (χ1n) is 3.86. The van der Waals surface area contributed by atoms with Crippen LogP contribution < -0.4 is 16.4 Å². The lowest BCUT2D eigenvalue weighted by Gasteiger charge is -2.09. The Labute approximate surface area is 92.7 Å². The maximum absolute atomic E-state index is 8.74. The minimum atomic E-state index is -4.67. The molecule has 0 radical (unpaired) electrons. The fourth-order valence-electron chi connectivity index (χ4n) is 0.610. The van der Waals surface area contributed by atoms with E-state index >= 15 is 0 Å². The van der Waals surface area contributed by atoms with Gasteiger partial charge in [-0.2, -0.15) is 13.4 Å². The minimum absolute atomic E-state index is 0.323. The first-order chi connectivity index (χ1) is 7.11. The van der Waals surface area contributed by atoms with Crippen LogP contribution in [0.1, 0.15) is 0 Å². The fourth-order valence-corrected chi connectivity index (χ4v) is 0.610. The minimum Gasteiger partial charge on any atom is -0.394 e. The van der Waals surface area contributed by atoms with Gasteiger partial charge < -0.3 is 16.4 Å². The van der Waals surface area contributed by atoms with Crippen molar-refractivity contribution in [1.82, 2.24) is 9.97 Å². The van der Waals surface area contributed by atoms with E-state index in [1.54, 1.807) is 4.90 Å². The molecule has 0 saturated heterocycles. The van der Waals surface area contributed by atoms with Crippen molar-refractivity contribution in [3.8, 4) is 0 Å². The first-order valence-corrected chi connectivity index (χ1v) is 5.26. The topological polar surface area (TPSA) is 156 Å². The highest BCUT2D eigenvalue weighted by Gasteiger charge is 2.00. The lowest BCUT2D eigenvalue weighted by Crippen LogP contribution is -2.14. The molecule has 0 saturated carbocycles. The molecule has 0 aliphatic rings. The second kappa shape index (κ2) is 5.44. The molecule has 0 amide bonds. The van der Waals surface area contributed by atoms with Crippen molar-refractivity contribution < 1.29 is 17.5 Å². The number of hydrogen-bond acceptors (Lipinski definition) is 7. The molecule has 0 fully saturated rings. The predicted molar refractivity (Wildman–Crippen MR) is 59.4 cm³/mol. The third-order valence-electron chi connectivity index (χ3n) is 1.24. The van der Waals surface area contributed by atoms with E-state index in [1.807, 2.05) is 14.1 Å². The van der Waals surface area contributed by atoms with Gasteiger partial charge in [-0.15, -0.1) is 0 Å². The van der Waals surface area contributed by atoms with Crippen LogP contribution in [0.15, 0.2) is 6.20 Å². The van der Waals surface area contributed by atoms with Gasteiger partial charge in [-0.3, -0.25) is 9.11 Å². The van der Waals surface area contributed by atoms with Gasteiger partial charge in [0.05, 0.1) is 11.9 Å². The van der Waals surface area contributed by atoms with Gasteiger partial charge in [-0.25, -0.2) is 4.98 Å². The van der Waals surface area contributed by atoms with E-state index in [0.717, 1.165) is 0 Å². The predicted octanol–water partition coefficient (Wildman–Crippen LogP) is -0.946. The zero-order valence-corrected chi connectivity index (χ0v) is 9.51. The van der Waals surface area contributed by atoms with Crippen LogP contribution in [0.5, 0.6) is 0 Å². The van der Waals surface area contributed by atoms with Crippen LogP contribution >= 0.6 is 0 Å². The molecule has 9 nitrogen and oxygen atoms in total. The second-order valence-corrected chi connectivity index (χ2v) is 3.75. The Kier molecular flexibility index (Phi) is 4.88. The van der Waals surface area contributed by atoms with Gasteiger partial charge >= 0.3 is 10.4 Å². The molecule has 0 bridgehead atoms. The van der Waals surface area contributed by atoms with Gasteiger partial charge in [-0.05, 0) is 0 Å². The van der Waals surface area contributed by atoms with Crippen LogP contribution in [0.2, 0.25) is 0 Å². The Morgan fingerprint density at radius 3 is 2.06 bits per heavy atom. The summed E-state index contributed by atoms with van der Waals surface area (Å²) in [6, 6.07) is 0. The average Bonchev–Trinajstić information content (AvgIpc) is 2.06. The number of hydrogen-bond donors (Lipinski definition) is 4. The number of anilines is 3. The van der Waals surface area contributed by atoms with Crippen molar-refractivity contribution in [2.45, 2.75) is 0 Å². The number of nitrogens with zero attached hydrogens (tertiary/aromatic N) is 3. The molecule has 1 rings (SSSR count). The van der Waals surface area contributed by atoms with Crippen molar-refractivity contribution in [2.75, 3.05) is 30.5 Å². The zero-order valence-electron chi connectivity index (χ0n) is 8.69. The number of rotatable bonds is 1. The standard InChI is InChI=1S/C6H11N5.H2O4S/c1-11(2)6-9-3-4(7)5(8)10-6;1-5(2,3)4/h3H,7H2,1-2H3,(H2,8,9,10);(H2,1,2,3,4). The van der Waals surface area contributed by atoms with E-state index in [-0.39, 0.29) is 0 Å². The van der Waals surface area contributed by atoms with Crippen LogP contribution in [-0.4, -0.2) is 41.6 Å². The van der Waals surface area contributed by atoms with Crippen LogP contribution in [0.25, 0.3) is 0 Å². The molecule has 0 aliphatic carbocycles. The largest absolute Gasteiger partial charge is 0.394 e. The summed E-state index contributed by atoms with van der Waals surface area (Å²) in [4.78, 5) is 9.65. The summed E-state index contributed by atoms with van der Waals surface area (Å²) in [6.45, 7) is 0. The van der Waals surface area contributed by atoms with Crippen molar-refractivity contribution in [1.29, 1.82) is 0 Å². The third kappa shape index (κ3) is 6.75. The van der Waals surface area contributed by atoms with E-state index in [9.17, 15) is 0 Å². The van der Waals surface area contributed by atoms with E-state index in [1.165, 1.54) is 6.20 Å². The second-order valence-electron chi connectivity index (χ2n) is 2.85. The van der Waals surface area contributed by atoms with Gasteiger partial charge in [0.1, 0.15) is 0 Å². The summed E-state index contributed by atoms with van der Waals surface area (Å²) in [5, 5.41) is 0. The monoisotopic (exact) mass is 251 g/mol. The van der Waals surface area contributed by atoms with Crippen molar-refractivity contribution in [3.05, 3.63) is 6.20 Å². The molecule has 6 N–H and O–H groups in total. The van der Waals surface area contributed by atoms with E-state index < -0.39 is 10.4 Å². The summed E-state index contributed by atoms with van der Waals surface area (Å²) in [5.74, 6) is 0.889. The Hall–Kier alpha value is -1.65. The first kappa shape index (κ1) is 14.3. The van der Waals surface area contributed by atoms with Crippen molar-refractivity contribution in [3.63, 3.8) is 0 Å². The van der Waals surface area contributed by atoms with E-state index in [4.69, 9.17) is 29.0 Å². The fraction of sp³-hybridized carbons (Fsp3) is 0.333. The highest BCUT2D eigenvalue weighted by molar-refractivity contribution is 7.79. The molecular formula is C6H13N5O4S. The van der Waals surface area contributed by atoms with Crippen LogP contribution in [0.4, 0.5) is 17.5 Å². The molecular weight excluding hydrogens is 238 g/mol. The Bertz CT molecular complexity index is 438.